The van der Waals surface area contributed by atoms with Gasteiger partial charge in [-0.2, -0.15) is 0 Å². The van der Waals surface area contributed by atoms with Gasteiger partial charge in [0, 0.05) is 39.8 Å². The smallest absolute Gasteiger partial charge is 0.258 e. The maximum atomic E-state index is 13.8. The molecule has 1 aromatic heterocycles. The summed E-state index contributed by atoms with van der Waals surface area (Å²) in [6, 6.07) is 6.99. The zero-order chi connectivity index (χ0) is 28.8. The molecule has 6 rings (SSSR count). The Morgan fingerprint density at radius 3 is 2.61 bits per heavy atom. The summed E-state index contributed by atoms with van der Waals surface area (Å²) in [5, 5.41) is 12.2. The minimum absolute atomic E-state index is 0.0985. The second kappa shape index (κ2) is 11.0. The number of benzene rings is 1. The summed E-state index contributed by atoms with van der Waals surface area (Å²) in [7, 11) is -1.62. The summed E-state index contributed by atoms with van der Waals surface area (Å²) in [6.45, 7) is 6.23. The Kier molecular flexibility index (Phi) is 7.50. The third-order valence-electron chi connectivity index (χ3n) is 8.93. The SMILES string of the molecule is C[C@@H]1CN(c2nc(NC(=O)c3ccc(NS(=O)(=O)CCO)cc3N3CCC4(CC3)CC4)cc3c2N(C)CC3)CCO1. The Morgan fingerprint density at radius 2 is 1.90 bits per heavy atom. The fourth-order valence-corrected chi connectivity index (χ4v) is 7.19. The van der Waals surface area contributed by atoms with Crippen LogP contribution >= 0.6 is 0 Å². The Balaban J connectivity index is 1.30. The van der Waals surface area contributed by atoms with E-state index in [1.165, 1.54) is 12.8 Å². The number of aromatic nitrogens is 1. The number of morpholine rings is 1. The summed E-state index contributed by atoms with van der Waals surface area (Å²) in [5.74, 6) is 0.705. The van der Waals surface area contributed by atoms with Crippen LogP contribution in [0, 0.1) is 5.41 Å². The van der Waals surface area contributed by atoms with Gasteiger partial charge >= 0.3 is 0 Å². The van der Waals surface area contributed by atoms with Gasteiger partial charge in [-0.25, -0.2) is 13.4 Å². The van der Waals surface area contributed by atoms with Crippen molar-refractivity contribution in [1.29, 1.82) is 0 Å². The van der Waals surface area contributed by atoms with Crippen molar-refractivity contribution in [2.45, 2.75) is 45.1 Å². The van der Waals surface area contributed by atoms with Crippen LogP contribution in [0.5, 0.6) is 0 Å². The van der Waals surface area contributed by atoms with Crippen LogP contribution < -0.4 is 24.7 Å². The van der Waals surface area contributed by atoms with Gasteiger partial charge in [0.1, 0.15) is 5.82 Å². The molecule has 4 aliphatic rings. The quantitative estimate of drug-likeness (QED) is 0.429. The molecular formula is C29H40N6O5S. The van der Waals surface area contributed by atoms with Crippen LogP contribution in [0.4, 0.5) is 28.7 Å². The first-order valence-corrected chi connectivity index (χ1v) is 16.2. The highest BCUT2D eigenvalue weighted by atomic mass is 32.2. The van der Waals surface area contributed by atoms with E-state index in [2.05, 4.69) is 38.7 Å². The van der Waals surface area contributed by atoms with Crippen LogP contribution in [0.15, 0.2) is 24.3 Å². The molecule has 1 saturated carbocycles. The Bertz CT molecular complexity index is 1420. The molecule has 3 N–H and O–H groups in total. The van der Waals surface area contributed by atoms with E-state index in [1.807, 2.05) is 6.07 Å². The van der Waals surface area contributed by atoms with Gasteiger partial charge in [0.2, 0.25) is 10.0 Å². The second-order valence-corrected chi connectivity index (χ2v) is 13.8. The molecule has 0 radical (unpaired) electrons. The van der Waals surface area contributed by atoms with Crippen molar-refractivity contribution in [3.63, 3.8) is 0 Å². The summed E-state index contributed by atoms with van der Waals surface area (Å²) in [4.78, 5) is 25.4. The molecule has 3 fully saturated rings. The molecule has 12 heteroatoms. The van der Waals surface area contributed by atoms with Gasteiger partial charge < -0.3 is 29.9 Å². The largest absolute Gasteiger partial charge is 0.395 e. The fourth-order valence-electron chi connectivity index (χ4n) is 6.36. The van der Waals surface area contributed by atoms with Crippen molar-refractivity contribution in [3.8, 4) is 0 Å². The average Bonchev–Trinajstić information content (AvgIpc) is 3.59. The molecule has 0 bridgehead atoms. The number of ether oxygens (including phenoxy) is 1. The number of amides is 1. The first kappa shape index (κ1) is 28.0. The minimum atomic E-state index is -3.70. The lowest BCUT2D eigenvalue weighted by atomic mass is 9.93. The number of aliphatic hydroxyl groups excluding tert-OH is 1. The number of sulfonamides is 1. The maximum absolute atomic E-state index is 13.8. The normalized spacial score (nSPS) is 21.6. The van der Waals surface area contributed by atoms with Crippen LogP contribution in [-0.4, -0.2) is 89.3 Å². The van der Waals surface area contributed by atoms with E-state index in [1.54, 1.807) is 18.2 Å². The molecule has 3 aliphatic heterocycles. The highest BCUT2D eigenvalue weighted by molar-refractivity contribution is 7.92. The van der Waals surface area contributed by atoms with Crippen molar-refractivity contribution >= 4 is 44.6 Å². The third-order valence-corrected chi connectivity index (χ3v) is 10.2. The van der Waals surface area contributed by atoms with Crippen LogP contribution in [0.25, 0.3) is 0 Å². The van der Waals surface area contributed by atoms with Gasteiger partial charge in [0.05, 0.1) is 47.7 Å². The number of pyridine rings is 1. The molecule has 11 nitrogen and oxygen atoms in total. The number of anilines is 5. The first-order chi connectivity index (χ1) is 19.7. The number of piperidine rings is 1. The number of carbonyl (C=O) groups is 1. The highest BCUT2D eigenvalue weighted by Gasteiger charge is 2.44. The monoisotopic (exact) mass is 584 g/mol. The van der Waals surface area contributed by atoms with Crippen molar-refractivity contribution in [2.24, 2.45) is 5.41 Å². The summed E-state index contributed by atoms with van der Waals surface area (Å²) >= 11 is 0. The molecule has 41 heavy (non-hydrogen) atoms. The van der Waals surface area contributed by atoms with Crippen LogP contribution in [0.3, 0.4) is 0 Å². The van der Waals surface area contributed by atoms with Crippen LogP contribution in [-0.2, 0) is 21.2 Å². The number of carbonyl (C=O) groups excluding carboxylic acids is 1. The summed E-state index contributed by atoms with van der Waals surface area (Å²) < 4.78 is 33.0. The van der Waals surface area contributed by atoms with Gasteiger partial charge in [-0.3, -0.25) is 9.52 Å². The maximum Gasteiger partial charge on any atom is 0.258 e. The summed E-state index contributed by atoms with van der Waals surface area (Å²) in [6.07, 6.45) is 5.64. The lowest BCUT2D eigenvalue weighted by Gasteiger charge is -2.35. The molecule has 4 heterocycles. The van der Waals surface area contributed by atoms with Crippen molar-refractivity contribution in [1.82, 2.24) is 4.98 Å². The van der Waals surface area contributed by atoms with Gasteiger partial charge in [0.25, 0.3) is 5.91 Å². The molecule has 2 saturated heterocycles. The molecule has 1 aliphatic carbocycles. The van der Waals surface area contributed by atoms with Crippen molar-refractivity contribution < 1.29 is 23.1 Å². The molecular weight excluding hydrogens is 544 g/mol. The van der Waals surface area contributed by atoms with E-state index in [0.29, 0.717) is 34.8 Å². The van der Waals surface area contributed by atoms with Crippen molar-refractivity contribution in [3.05, 3.63) is 35.4 Å². The van der Waals surface area contributed by atoms with Gasteiger partial charge in [-0.05, 0) is 74.3 Å². The Hall–Kier alpha value is -3.09. The Labute approximate surface area is 241 Å². The highest BCUT2D eigenvalue weighted by Crippen LogP contribution is 2.54. The van der Waals surface area contributed by atoms with E-state index in [0.717, 1.165) is 69.1 Å². The van der Waals surface area contributed by atoms with E-state index in [9.17, 15) is 13.2 Å². The molecule has 1 spiro atoms. The number of rotatable bonds is 8. The number of nitrogens with one attached hydrogen (secondary N) is 2. The third kappa shape index (κ3) is 5.96. The van der Waals surface area contributed by atoms with Gasteiger partial charge in [-0.1, -0.05) is 0 Å². The standard InChI is InChI=1S/C29H40N6O5S/c1-20-19-35(13-15-40-20)27-26-21(5-10-33(26)2)17-25(30-27)31-28(37)23-4-3-22(32-41(38,39)16-14-36)18-24(23)34-11-8-29(6-7-29)9-12-34/h3-4,17-18,20,32,36H,5-16,19H2,1-2H3,(H,30,31,37)/t20-/m1/s1. The van der Waals surface area contributed by atoms with Crippen LogP contribution in [0.2, 0.25) is 0 Å². The molecule has 2 aromatic rings. The Morgan fingerprint density at radius 1 is 1.12 bits per heavy atom. The zero-order valence-electron chi connectivity index (χ0n) is 23.9. The van der Waals surface area contributed by atoms with Crippen LogP contribution in [0.1, 0.15) is 48.5 Å². The predicted molar refractivity (Wildman–Crippen MR) is 161 cm³/mol. The number of aliphatic hydroxyl groups is 1. The predicted octanol–water partition coefficient (Wildman–Crippen LogP) is 2.67. The lowest BCUT2D eigenvalue weighted by Crippen LogP contribution is -2.42. The fraction of sp³-hybridized carbons (Fsp3) is 0.586. The number of likely N-dealkylation sites (N-methyl/N-ethyl adjacent to an activating group) is 1. The van der Waals surface area contributed by atoms with Crippen molar-refractivity contribution in [2.75, 3.05) is 83.5 Å². The molecule has 0 unspecified atom stereocenters. The number of hydrogen-bond donors (Lipinski definition) is 3. The van der Waals surface area contributed by atoms with E-state index in [-0.39, 0.29) is 17.8 Å². The minimum Gasteiger partial charge on any atom is -0.395 e. The summed E-state index contributed by atoms with van der Waals surface area (Å²) in [5.41, 5.74) is 4.27. The molecule has 222 valence electrons. The topological polar surface area (TPSA) is 127 Å². The number of hydrogen-bond acceptors (Lipinski definition) is 9. The zero-order valence-corrected chi connectivity index (χ0v) is 24.7. The lowest BCUT2D eigenvalue weighted by molar-refractivity contribution is 0.0530. The molecule has 1 amide bonds. The van der Waals surface area contributed by atoms with Gasteiger partial charge in [-0.15, -0.1) is 0 Å². The first-order valence-electron chi connectivity index (χ1n) is 14.6. The van der Waals surface area contributed by atoms with Gasteiger partial charge in [0.15, 0.2) is 5.82 Å². The van der Waals surface area contributed by atoms with E-state index in [4.69, 9.17) is 14.8 Å². The molecule has 1 atom stereocenters. The number of fused-ring (bicyclic) bond motifs is 1. The van der Waals surface area contributed by atoms with E-state index < -0.39 is 16.6 Å². The second-order valence-electron chi connectivity index (χ2n) is 12.0. The number of nitrogens with zero attached hydrogens (tertiary/aromatic N) is 4. The van der Waals surface area contributed by atoms with E-state index >= 15 is 0 Å². The average molecular weight is 585 g/mol. The molecule has 1 aromatic carbocycles.